The number of benzene rings is 2. The number of hydrogen-bond donors (Lipinski definition) is 0. The van der Waals surface area contributed by atoms with E-state index < -0.39 is 0 Å². The van der Waals surface area contributed by atoms with Crippen molar-refractivity contribution in [3.8, 4) is 0 Å². The van der Waals surface area contributed by atoms with Crippen LogP contribution >= 0.6 is 58.2 Å². The third-order valence-corrected chi connectivity index (χ3v) is 4.10. The van der Waals surface area contributed by atoms with Crippen LogP contribution in [0.4, 0.5) is 0 Å². The van der Waals surface area contributed by atoms with Crippen molar-refractivity contribution in [3.63, 3.8) is 0 Å². The first-order valence-corrected chi connectivity index (χ1v) is 6.96. The minimum absolute atomic E-state index is 0.596. The molecule has 88 valence electrons. The van der Waals surface area contributed by atoms with Gasteiger partial charge in [0.2, 0.25) is 0 Å². The smallest absolute Gasteiger partial charge is 0.0546 e. The Morgan fingerprint density at radius 1 is 0.706 bits per heavy atom. The highest BCUT2D eigenvalue weighted by Gasteiger charge is 2.05. The molecule has 0 bridgehead atoms. The van der Waals surface area contributed by atoms with Crippen molar-refractivity contribution in [3.05, 3.63) is 56.5 Å². The maximum Gasteiger partial charge on any atom is 0.0546 e. The van der Waals surface area contributed by atoms with Gasteiger partial charge in [0.25, 0.3) is 0 Å². The minimum Gasteiger partial charge on any atom is -0.0884 e. The Morgan fingerprint density at radius 2 is 1.35 bits per heavy atom. The molecule has 0 aromatic heterocycles. The summed E-state index contributed by atoms with van der Waals surface area (Å²) in [6.07, 6.45) is 0. The molecule has 0 spiro atoms. The second-order valence-electron chi connectivity index (χ2n) is 3.28. The quantitative estimate of drug-likeness (QED) is 0.611. The molecule has 0 nitrogen and oxygen atoms in total. The first kappa shape index (κ1) is 13.4. The van der Waals surface area contributed by atoms with E-state index in [4.69, 9.17) is 46.4 Å². The Bertz CT molecular complexity index is 534. The largest absolute Gasteiger partial charge is 0.0884 e. The van der Waals surface area contributed by atoms with Gasteiger partial charge in [0, 0.05) is 24.9 Å². The molecule has 0 N–H and O–H groups in total. The lowest BCUT2D eigenvalue weighted by molar-refractivity contribution is 1.41. The lowest BCUT2D eigenvalue weighted by atomic mass is 10.3. The molecular formula is C12H6Cl4S. The van der Waals surface area contributed by atoms with Crippen LogP contribution in [-0.4, -0.2) is 0 Å². The second-order valence-corrected chi connectivity index (χ2v) is 6.11. The van der Waals surface area contributed by atoms with Crippen molar-refractivity contribution in [2.45, 2.75) is 9.79 Å². The molecule has 0 amide bonds. The molecule has 0 aliphatic rings. The molecule has 0 saturated carbocycles. The number of rotatable bonds is 2. The van der Waals surface area contributed by atoms with Crippen LogP contribution in [-0.2, 0) is 0 Å². The van der Waals surface area contributed by atoms with Crippen molar-refractivity contribution < 1.29 is 0 Å². The van der Waals surface area contributed by atoms with Crippen LogP contribution in [0.15, 0.2) is 46.2 Å². The average molecular weight is 324 g/mol. The van der Waals surface area contributed by atoms with Crippen LogP contribution in [0.3, 0.4) is 0 Å². The van der Waals surface area contributed by atoms with Gasteiger partial charge in [-0.15, -0.1) is 0 Å². The van der Waals surface area contributed by atoms with Crippen molar-refractivity contribution in [2.75, 3.05) is 0 Å². The summed E-state index contributed by atoms with van der Waals surface area (Å²) in [5.74, 6) is 0. The molecule has 0 aliphatic heterocycles. The molecule has 0 atom stereocenters. The fourth-order valence-corrected chi connectivity index (χ4v) is 3.37. The van der Waals surface area contributed by atoms with E-state index >= 15 is 0 Å². The Hall–Kier alpha value is -0.0500. The highest BCUT2D eigenvalue weighted by molar-refractivity contribution is 7.99. The predicted octanol–water partition coefficient (Wildman–Crippen LogP) is 6.45. The summed E-state index contributed by atoms with van der Waals surface area (Å²) in [5.41, 5.74) is 0. The zero-order valence-corrected chi connectivity index (χ0v) is 12.2. The summed E-state index contributed by atoms with van der Waals surface area (Å²) in [5, 5.41) is 2.48. The maximum absolute atomic E-state index is 6.08. The SMILES string of the molecule is Clc1cc(Cl)cc(Sc2cc(Cl)ccc2Cl)c1. The molecule has 0 heterocycles. The van der Waals surface area contributed by atoms with Gasteiger partial charge < -0.3 is 0 Å². The third-order valence-electron chi connectivity index (χ3n) is 1.96. The first-order chi connectivity index (χ1) is 8.04. The normalized spacial score (nSPS) is 10.6. The van der Waals surface area contributed by atoms with Gasteiger partial charge in [0.1, 0.15) is 0 Å². The van der Waals surface area contributed by atoms with Gasteiger partial charge in [0.15, 0.2) is 0 Å². The minimum atomic E-state index is 0.596. The summed E-state index contributed by atoms with van der Waals surface area (Å²) in [4.78, 5) is 1.80. The van der Waals surface area contributed by atoms with E-state index in [-0.39, 0.29) is 0 Å². The standard InChI is InChI=1S/C12H6Cl4S/c13-7-1-2-11(16)12(6-7)17-10-4-8(14)3-9(15)5-10/h1-6H. The molecule has 2 rings (SSSR count). The van der Waals surface area contributed by atoms with Crippen LogP contribution < -0.4 is 0 Å². The Labute approximate surface area is 124 Å². The van der Waals surface area contributed by atoms with E-state index in [0.29, 0.717) is 20.1 Å². The monoisotopic (exact) mass is 322 g/mol. The number of halogens is 4. The Kier molecular flexibility index (Phi) is 4.51. The van der Waals surface area contributed by atoms with E-state index in [2.05, 4.69) is 0 Å². The van der Waals surface area contributed by atoms with Gasteiger partial charge in [-0.3, -0.25) is 0 Å². The third kappa shape index (κ3) is 3.70. The van der Waals surface area contributed by atoms with E-state index in [1.807, 2.05) is 18.2 Å². The molecule has 0 radical (unpaired) electrons. The van der Waals surface area contributed by atoms with E-state index in [1.54, 1.807) is 18.2 Å². The maximum atomic E-state index is 6.08. The highest BCUT2D eigenvalue weighted by Crippen LogP contribution is 2.37. The molecular weight excluding hydrogens is 318 g/mol. The fraction of sp³-hybridized carbons (Fsp3) is 0. The molecule has 2 aromatic rings. The predicted molar refractivity (Wildman–Crippen MR) is 77.0 cm³/mol. The second kappa shape index (κ2) is 5.73. The zero-order chi connectivity index (χ0) is 12.4. The van der Waals surface area contributed by atoms with Gasteiger partial charge in [-0.2, -0.15) is 0 Å². The van der Waals surface area contributed by atoms with Gasteiger partial charge in [0.05, 0.1) is 5.02 Å². The Balaban J connectivity index is 2.34. The van der Waals surface area contributed by atoms with Crippen molar-refractivity contribution in [2.24, 2.45) is 0 Å². The molecule has 0 saturated heterocycles. The van der Waals surface area contributed by atoms with Crippen molar-refractivity contribution in [1.29, 1.82) is 0 Å². The van der Waals surface area contributed by atoms with Crippen molar-refractivity contribution >= 4 is 58.2 Å². The molecule has 0 aliphatic carbocycles. The molecule has 0 fully saturated rings. The molecule has 5 heteroatoms. The fourth-order valence-electron chi connectivity index (χ4n) is 1.27. The van der Waals surface area contributed by atoms with Crippen LogP contribution in [0.2, 0.25) is 20.1 Å². The first-order valence-electron chi connectivity index (χ1n) is 4.63. The van der Waals surface area contributed by atoms with Crippen LogP contribution in [0.25, 0.3) is 0 Å². The summed E-state index contributed by atoms with van der Waals surface area (Å²) < 4.78 is 0. The summed E-state index contributed by atoms with van der Waals surface area (Å²) in [7, 11) is 0. The average Bonchev–Trinajstić information content (AvgIpc) is 2.22. The van der Waals surface area contributed by atoms with Gasteiger partial charge >= 0.3 is 0 Å². The highest BCUT2D eigenvalue weighted by atomic mass is 35.5. The Morgan fingerprint density at radius 3 is 2.00 bits per heavy atom. The zero-order valence-electron chi connectivity index (χ0n) is 8.38. The summed E-state index contributed by atoms with van der Waals surface area (Å²) >= 11 is 25.3. The van der Waals surface area contributed by atoms with Gasteiger partial charge in [-0.05, 0) is 36.4 Å². The number of hydrogen-bond acceptors (Lipinski definition) is 1. The van der Waals surface area contributed by atoms with Gasteiger partial charge in [-0.1, -0.05) is 58.2 Å². The molecule has 17 heavy (non-hydrogen) atoms. The van der Waals surface area contributed by atoms with E-state index in [1.165, 1.54) is 11.8 Å². The summed E-state index contributed by atoms with van der Waals surface area (Å²) in [6.45, 7) is 0. The summed E-state index contributed by atoms with van der Waals surface area (Å²) in [6, 6.07) is 10.7. The molecule has 2 aromatic carbocycles. The van der Waals surface area contributed by atoms with Crippen LogP contribution in [0, 0.1) is 0 Å². The van der Waals surface area contributed by atoms with Crippen LogP contribution in [0.1, 0.15) is 0 Å². The topological polar surface area (TPSA) is 0 Å². The van der Waals surface area contributed by atoms with Crippen molar-refractivity contribution in [1.82, 2.24) is 0 Å². The van der Waals surface area contributed by atoms with Crippen LogP contribution in [0.5, 0.6) is 0 Å². The van der Waals surface area contributed by atoms with Gasteiger partial charge in [-0.25, -0.2) is 0 Å². The lowest BCUT2D eigenvalue weighted by Gasteiger charge is -2.05. The van der Waals surface area contributed by atoms with E-state index in [9.17, 15) is 0 Å². The molecule has 0 unspecified atom stereocenters. The lowest BCUT2D eigenvalue weighted by Crippen LogP contribution is -1.77. The van der Waals surface area contributed by atoms with E-state index in [0.717, 1.165) is 9.79 Å².